The predicted molar refractivity (Wildman–Crippen MR) is 141 cm³/mol. The summed E-state index contributed by atoms with van der Waals surface area (Å²) < 4.78 is 69.6. The van der Waals surface area contributed by atoms with Crippen LogP contribution in [-0.2, 0) is 20.2 Å². The number of nitrogens with zero attached hydrogens (tertiary/aromatic N) is 6. The van der Waals surface area contributed by atoms with Crippen molar-refractivity contribution in [1.82, 2.24) is 0 Å². The number of phenols is 4. The second kappa shape index (κ2) is 14.3. The standard InChI is InChI=1S/C22H14N6O14S2.2Na/c29-11-5-15(21(19(32)6-11)25-26-22-16(28(35)36)3-10(27(33)34)4-18(22)31)24-23-14-7-12(43(37,38)39)1-9-2-13(44(40,41)42)8-17(30)20(9)14;;/h1-8,29-32H,(H,37,38,39)(H,40,41,42);;/q;2*+1/p-2. The number of hydrogen-bond donors (Lipinski definition) is 4. The maximum atomic E-state index is 11.7. The molecule has 0 amide bonds. The maximum absolute atomic E-state index is 11.7. The topological polar surface area (TPSA) is 331 Å². The molecule has 228 valence electrons. The van der Waals surface area contributed by atoms with E-state index in [1.165, 1.54) is 0 Å². The first-order chi connectivity index (χ1) is 20.4. The fourth-order valence-electron chi connectivity index (χ4n) is 3.70. The van der Waals surface area contributed by atoms with Gasteiger partial charge in [0.05, 0.1) is 42.8 Å². The van der Waals surface area contributed by atoms with E-state index in [-0.39, 0.29) is 59.1 Å². The molecule has 4 N–H and O–H groups in total. The Morgan fingerprint density at radius 3 is 1.65 bits per heavy atom. The molecule has 0 heterocycles. The molecule has 0 spiro atoms. The molecule has 20 nitrogen and oxygen atoms in total. The summed E-state index contributed by atoms with van der Waals surface area (Å²) in [5, 5.41) is 76.8. The molecule has 0 aliphatic heterocycles. The SMILES string of the molecule is O=[N+]([O-])c1cc(O)c(N=Nc2c(O)cc(O)cc2N=Nc2cc(S(=O)(=O)[O-])cc3cc(S(=O)(=O)[O-])cc(O)c23)c([N+](=O)[O-])c1.[Na+].[Na+]. The van der Waals surface area contributed by atoms with E-state index in [0.29, 0.717) is 42.5 Å². The molecule has 4 rings (SSSR count). The van der Waals surface area contributed by atoms with Crippen LogP contribution >= 0.6 is 0 Å². The van der Waals surface area contributed by atoms with Crippen molar-refractivity contribution in [3.63, 3.8) is 0 Å². The summed E-state index contributed by atoms with van der Waals surface area (Å²) in [7, 11) is -10.4. The van der Waals surface area contributed by atoms with Crippen LogP contribution < -0.4 is 59.1 Å². The average Bonchev–Trinajstić information content (AvgIpc) is 2.89. The second-order valence-electron chi connectivity index (χ2n) is 8.47. The van der Waals surface area contributed by atoms with E-state index in [0.717, 1.165) is 6.07 Å². The Bertz CT molecular complexity index is 2190. The zero-order chi connectivity index (χ0) is 32.7. The van der Waals surface area contributed by atoms with Gasteiger partial charge in [0.25, 0.3) is 5.69 Å². The number of hydrogen-bond acceptors (Lipinski definition) is 18. The number of rotatable bonds is 8. The first-order valence-electron chi connectivity index (χ1n) is 11.1. The normalized spacial score (nSPS) is 11.8. The largest absolute Gasteiger partial charge is 1.00 e. The first-order valence-corrected chi connectivity index (χ1v) is 14.0. The van der Waals surface area contributed by atoms with Gasteiger partial charge < -0.3 is 29.5 Å². The molecule has 0 aliphatic rings. The quantitative estimate of drug-likeness (QED) is 0.0516. The van der Waals surface area contributed by atoms with E-state index in [2.05, 4.69) is 20.5 Å². The molecule has 0 unspecified atom stereocenters. The molecule has 0 bridgehead atoms. The number of benzene rings is 4. The number of aromatic hydroxyl groups is 4. The summed E-state index contributed by atoms with van der Waals surface area (Å²) in [6, 6.07) is 5.01. The molecule has 46 heavy (non-hydrogen) atoms. The van der Waals surface area contributed by atoms with Crippen LogP contribution in [0.5, 0.6) is 23.0 Å². The van der Waals surface area contributed by atoms with Crippen molar-refractivity contribution in [1.29, 1.82) is 0 Å². The molecule has 24 heteroatoms. The monoisotopic (exact) mass is 694 g/mol. The maximum Gasteiger partial charge on any atom is 1.00 e. The third-order valence-electron chi connectivity index (χ3n) is 5.56. The molecule has 0 saturated heterocycles. The van der Waals surface area contributed by atoms with Crippen molar-refractivity contribution in [2.75, 3.05) is 0 Å². The van der Waals surface area contributed by atoms with E-state index in [1.807, 2.05) is 0 Å². The predicted octanol–water partition coefficient (Wildman–Crippen LogP) is -1.87. The Balaban J connectivity index is 0.00000368. The first kappa shape index (κ1) is 38.3. The van der Waals surface area contributed by atoms with Crippen LogP contribution in [0.4, 0.5) is 34.1 Å². The zero-order valence-corrected chi connectivity index (χ0v) is 28.6. The van der Waals surface area contributed by atoms with E-state index < -0.39 is 108 Å². The van der Waals surface area contributed by atoms with Gasteiger partial charge >= 0.3 is 64.8 Å². The summed E-state index contributed by atoms with van der Waals surface area (Å²) in [4.78, 5) is 18.3. The number of nitro groups is 2. The van der Waals surface area contributed by atoms with Gasteiger partial charge in [-0.15, -0.1) is 20.5 Å². The van der Waals surface area contributed by atoms with Gasteiger partial charge in [0.15, 0.2) is 11.4 Å². The summed E-state index contributed by atoms with van der Waals surface area (Å²) in [6.45, 7) is 0. The third-order valence-corrected chi connectivity index (χ3v) is 7.19. The van der Waals surface area contributed by atoms with Crippen molar-refractivity contribution >= 4 is 65.1 Å². The van der Waals surface area contributed by atoms with E-state index in [4.69, 9.17) is 0 Å². The van der Waals surface area contributed by atoms with Crippen LogP contribution in [0.25, 0.3) is 10.8 Å². The molecule has 4 aromatic rings. The van der Waals surface area contributed by atoms with Gasteiger partial charge in [-0.05, 0) is 29.7 Å². The molecule has 0 aliphatic carbocycles. The van der Waals surface area contributed by atoms with Gasteiger partial charge in [0.2, 0.25) is 5.69 Å². The van der Waals surface area contributed by atoms with Gasteiger partial charge in [-0.25, -0.2) is 16.8 Å². The smallest absolute Gasteiger partial charge is 0.744 e. The summed E-state index contributed by atoms with van der Waals surface area (Å²) >= 11 is 0. The van der Waals surface area contributed by atoms with Crippen molar-refractivity contribution in [2.45, 2.75) is 9.79 Å². The fraction of sp³-hybridized carbons (Fsp3) is 0. The average molecular weight is 694 g/mol. The fourth-order valence-corrected chi connectivity index (χ4v) is 4.75. The summed E-state index contributed by atoms with van der Waals surface area (Å²) in [5.41, 5.74) is -4.66. The van der Waals surface area contributed by atoms with Crippen LogP contribution in [-0.4, -0.2) is 56.2 Å². The molecular weight excluding hydrogens is 682 g/mol. The van der Waals surface area contributed by atoms with Crippen molar-refractivity contribution < 1.29 is 115 Å². The van der Waals surface area contributed by atoms with Crippen molar-refractivity contribution in [2.24, 2.45) is 20.5 Å². The van der Waals surface area contributed by atoms with Crippen molar-refractivity contribution in [3.05, 3.63) is 68.8 Å². The number of azo groups is 2. The number of non-ortho nitro benzene ring substituents is 1. The van der Waals surface area contributed by atoms with Gasteiger partial charge in [-0.1, -0.05) is 0 Å². The second-order valence-corrected chi connectivity index (χ2v) is 11.2. The van der Waals surface area contributed by atoms with Crippen LogP contribution in [0.2, 0.25) is 0 Å². The Kier molecular flexibility index (Phi) is 11.9. The molecule has 0 atom stereocenters. The minimum atomic E-state index is -5.24. The molecule has 0 aromatic heterocycles. The molecule has 0 fully saturated rings. The third kappa shape index (κ3) is 8.30. The van der Waals surface area contributed by atoms with Gasteiger partial charge in [0.1, 0.15) is 43.2 Å². The van der Waals surface area contributed by atoms with Gasteiger partial charge in [-0.2, -0.15) is 0 Å². The summed E-state index contributed by atoms with van der Waals surface area (Å²) in [6.07, 6.45) is 0. The van der Waals surface area contributed by atoms with Crippen LogP contribution in [0, 0.1) is 20.2 Å². The Labute approximate surface area is 300 Å². The minimum absolute atomic E-state index is 0. The molecule has 0 radical (unpaired) electrons. The number of fused-ring (bicyclic) bond motifs is 1. The molecule has 4 aromatic carbocycles. The van der Waals surface area contributed by atoms with Gasteiger partial charge in [-0.3, -0.25) is 20.2 Å². The van der Waals surface area contributed by atoms with Crippen LogP contribution in [0.15, 0.2) is 78.8 Å². The Morgan fingerprint density at radius 1 is 0.587 bits per heavy atom. The van der Waals surface area contributed by atoms with E-state index in [1.54, 1.807) is 0 Å². The zero-order valence-electron chi connectivity index (χ0n) is 23.0. The van der Waals surface area contributed by atoms with Crippen LogP contribution in [0.3, 0.4) is 0 Å². The van der Waals surface area contributed by atoms with Gasteiger partial charge in [0, 0.05) is 12.1 Å². The molecular formula is C22H12N6Na2O14S2. The minimum Gasteiger partial charge on any atom is -0.744 e. The van der Waals surface area contributed by atoms with E-state index >= 15 is 0 Å². The van der Waals surface area contributed by atoms with Crippen LogP contribution in [0.1, 0.15) is 0 Å². The Hall–Kier alpha value is -3.84. The molecule has 0 saturated carbocycles. The number of phenolic OH excluding ortho intramolecular Hbond substituents is 4. The summed E-state index contributed by atoms with van der Waals surface area (Å²) in [5.74, 6) is -3.48. The Morgan fingerprint density at radius 2 is 1.11 bits per heavy atom. The number of nitro benzene ring substituents is 2. The van der Waals surface area contributed by atoms with E-state index in [9.17, 15) is 66.6 Å². The van der Waals surface area contributed by atoms with Crippen molar-refractivity contribution in [3.8, 4) is 23.0 Å².